The number of nitrogens with zero attached hydrogens (tertiary/aromatic N) is 1. The minimum Gasteiger partial charge on any atom is -0.490 e. The Kier molecular flexibility index (Phi) is 4.61. The van der Waals surface area contributed by atoms with Crippen LogP contribution in [0.1, 0.15) is 23.2 Å². The van der Waals surface area contributed by atoms with E-state index < -0.39 is 17.3 Å². The molecule has 24 heavy (non-hydrogen) atoms. The Balaban J connectivity index is 1.84. The third-order valence-electron chi connectivity index (χ3n) is 3.97. The van der Waals surface area contributed by atoms with E-state index in [1.165, 1.54) is 24.4 Å². The zero-order valence-electron chi connectivity index (χ0n) is 13.0. The van der Waals surface area contributed by atoms with Crippen molar-refractivity contribution in [3.63, 3.8) is 0 Å². The SMILES string of the molecule is NC(=O)c1ccc(-n2ccc(OC3CCNCC3)cc2=O)c(F)c1. The van der Waals surface area contributed by atoms with Gasteiger partial charge in [0, 0.05) is 17.8 Å². The molecule has 0 bridgehead atoms. The summed E-state index contributed by atoms with van der Waals surface area (Å²) in [5, 5.41) is 3.24. The molecule has 2 heterocycles. The Hall–Kier alpha value is -2.67. The molecule has 0 atom stereocenters. The molecule has 3 N–H and O–H groups in total. The van der Waals surface area contributed by atoms with Crippen molar-refractivity contribution in [2.45, 2.75) is 18.9 Å². The zero-order chi connectivity index (χ0) is 17.1. The van der Waals surface area contributed by atoms with E-state index in [-0.39, 0.29) is 17.4 Å². The van der Waals surface area contributed by atoms with Crippen LogP contribution in [0.4, 0.5) is 4.39 Å². The topological polar surface area (TPSA) is 86.3 Å². The molecule has 1 aromatic carbocycles. The van der Waals surface area contributed by atoms with Crippen LogP contribution in [0.25, 0.3) is 5.69 Å². The standard InChI is InChI=1S/C17H18FN3O3/c18-14-9-11(17(19)23)1-2-15(14)21-8-5-13(10-16(21)22)24-12-3-6-20-7-4-12/h1-2,5,8-10,12,20H,3-4,6-7H2,(H2,19,23). The molecule has 0 saturated carbocycles. The van der Waals surface area contributed by atoms with E-state index in [1.54, 1.807) is 6.07 Å². The highest BCUT2D eigenvalue weighted by atomic mass is 19.1. The van der Waals surface area contributed by atoms with Crippen molar-refractivity contribution in [1.82, 2.24) is 9.88 Å². The number of aromatic nitrogens is 1. The fraction of sp³-hybridized carbons (Fsp3) is 0.294. The van der Waals surface area contributed by atoms with Gasteiger partial charge in [0.15, 0.2) is 0 Å². The number of hydrogen-bond acceptors (Lipinski definition) is 4. The number of amides is 1. The Labute approximate surface area is 138 Å². The lowest BCUT2D eigenvalue weighted by atomic mass is 10.1. The molecule has 1 saturated heterocycles. The number of pyridine rings is 1. The summed E-state index contributed by atoms with van der Waals surface area (Å²) in [7, 11) is 0. The number of nitrogens with one attached hydrogen (secondary N) is 1. The molecule has 7 heteroatoms. The lowest BCUT2D eigenvalue weighted by Gasteiger charge is -2.23. The molecule has 1 fully saturated rings. The first-order valence-corrected chi connectivity index (χ1v) is 7.74. The number of rotatable bonds is 4. The van der Waals surface area contributed by atoms with Crippen LogP contribution in [-0.4, -0.2) is 29.7 Å². The van der Waals surface area contributed by atoms with Gasteiger partial charge in [0.2, 0.25) is 5.91 Å². The molecule has 126 valence electrons. The van der Waals surface area contributed by atoms with Crippen molar-refractivity contribution in [3.8, 4) is 11.4 Å². The third kappa shape index (κ3) is 3.46. The molecule has 2 aromatic rings. The molecule has 0 spiro atoms. The lowest BCUT2D eigenvalue weighted by molar-refractivity contribution is 0.1000. The number of nitrogens with two attached hydrogens (primary N) is 1. The van der Waals surface area contributed by atoms with Crippen LogP contribution in [0.15, 0.2) is 41.3 Å². The molecule has 0 radical (unpaired) electrons. The van der Waals surface area contributed by atoms with Crippen molar-refractivity contribution >= 4 is 5.91 Å². The lowest BCUT2D eigenvalue weighted by Crippen LogP contribution is -2.34. The van der Waals surface area contributed by atoms with E-state index in [9.17, 15) is 14.0 Å². The van der Waals surface area contributed by atoms with Crippen LogP contribution in [0.5, 0.6) is 5.75 Å². The fourth-order valence-electron chi connectivity index (χ4n) is 2.69. The maximum absolute atomic E-state index is 14.1. The molecule has 0 aliphatic carbocycles. The Bertz CT molecular complexity index is 813. The largest absolute Gasteiger partial charge is 0.490 e. The number of hydrogen-bond donors (Lipinski definition) is 2. The third-order valence-corrected chi connectivity index (χ3v) is 3.97. The molecule has 3 rings (SSSR count). The number of benzene rings is 1. The predicted octanol–water partition coefficient (Wildman–Crippen LogP) is 1.21. The number of halogens is 1. The highest BCUT2D eigenvalue weighted by Gasteiger charge is 2.15. The summed E-state index contributed by atoms with van der Waals surface area (Å²) in [6.07, 6.45) is 3.30. The normalized spacial score (nSPS) is 15.2. The summed E-state index contributed by atoms with van der Waals surface area (Å²) >= 11 is 0. The molecule has 1 aromatic heterocycles. The molecule has 1 aliphatic rings. The van der Waals surface area contributed by atoms with Crippen molar-refractivity contribution in [2.24, 2.45) is 5.73 Å². The van der Waals surface area contributed by atoms with Crippen molar-refractivity contribution < 1.29 is 13.9 Å². The number of primary amides is 1. The van der Waals surface area contributed by atoms with E-state index in [2.05, 4.69) is 5.32 Å². The van der Waals surface area contributed by atoms with Crippen LogP contribution in [-0.2, 0) is 0 Å². The molecule has 1 aliphatic heterocycles. The van der Waals surface area contributed by atoms with Gasteiger partial charge in [-0.05, 0) is 50.2 Å². The first-order valence-electron chi connectivity index (χ1n) is 7.74. The van der Waals surface area contributed by atoms with Gasteiger partial charge in [-0.3, -0.25) is 14.2 Å². The van der Waals surface area contributed by atoms with Gasteiger partial charge >= 0.3 is 0 Å². The van der Waals surface area contributed by atoms with Gasteiger partial charge in [-0.1, -0.05) is 0 Å². The maximum Gasteiger partial charge on any atom is 0.258 e. The Morgan fingerprint density at radius 1 is 1.25 bits per heavy atom. The van der Waals surface area contributed by atoms with Gasteiger partial charge in [0.1, 0.15) is 17.7 Å². The van der Waals surface area contributed by atoms with E-state index in [1.807, 2.05) is 0 Å². The number of carbonyl (C=O) groups is 1. The van der Waals surface area contributed by atoms with Crippen LogP contribution >= 0.6 is 0 Å². The quantitative estimate of drug-likeness (QED) is 0.882. The van der Waals surface area contributed by atoms with Gasteiger partial charge in [-0.15, -0.1) is 0 Å². The summed E-state index contributed by atoms with van der Waals surface area (Å²) in [5.41, 5.74) is 4.81. The van der Waals surface area contributed by atoms with Gasteiger partial charge in [0.25, 0.3) is 5.56 Å². The van der Waals surface area contributed by atoms with Crippen molar-refractivity contribution in [3.05, 3.63) is 58.3 Å². The highest BCUT2D eigenvalue weighted by Crippen LogP contribution is 2.17. The summed E-state index contributed by atoms with van der Waals surface area (Å²) in [5.74, 6) is -0.948. The number of piperidine rings is 1. The van der Waals surface area contributed by atoms with Crippen LogP contribution in [0, 0.1) is 5.82 Å². The average molecular weight is 331 g/mol. The van der Waals surface area contributed by atoms with E-state index in [0.29, 0.717) is 5.75 Å². The maximum atomic E-state index is 14.1. The minimum absolute atomic E-state index is 0.0511. The second-order valence-corrected chi connectivity index (χ2v) is 5.67. The number of carbonyl (C=O) groups excluding carboxylic acids is 1. The summed E-state index contributed by atoms with van der Waals surface area (Å²) in [6.45, 7) is 1.78. The smallest absolute Gasteiger partial charge is 0.258 e. The van der Waals surface area contributed by atoms with Crippen LogP contribution in [0.3, 0.4) is 0 Å². The Morgan fingerprint density at radius 3 is 2.62 bits per heavy atom. The summed E-state index contributed by atoms with van der Waals surface area (Å²) < 4.78 is 21.1. The van der Waals surface area contributed by atoms with E-state index in [4.69, 9.17) is 10.5 Å². The van der Waals surface area contributed by atoms with Gasteiger partial charge in [0.05, 0.1) is 5.69 Å². The molecule has 1 amide bonds. The van der Waals surface area contributed by atoms with E-state index >= 15 is 0 Å². The second-order valence-electron chi connectivity index (χ2n) is 5.67. The van der Waals surface area contributed by atoms with E-state index in [0.717, 1.165) is 36.6 Å². The minimum atomic E-state index is -0.724. The molecule has 0 unspecified atom stereocenters. The van der Waals surface area contributed by atoms with Gasteiger partial charge in [-0.2, -0.15) is 0 Å². The summed E-state index contributed by atoms with van der Waals surface area (Å²) in [6, 6.07) is 6.72. The van der Waals surface area contributed by atoms with Gasteiger partial charge < -0.3 is 15.8 Å². The fourth-order valence-corrected chi connectivity index (χ4v) is 2.69. The number of ether oxygens (including phenoxy) is 1. The monoisotopic (exact) mass is 331 g/mol. The van der Waals surface area contributed by atoms with Crippen molar-refractivity contribution in [1.29, 1.82) is 0 Å². The molecular formula is C17H18FN3O3. The predicted molar refractivity (Wildman–Crippen MR) is 87.0 cm³/mol. The average Bonchev–Trinajstić information content (AvgIpc) is 2.56. The molecule has 6 nitrogen and oxygen atoms in total. The first-order chi connectivity index (χ1) is 11.5. The highest BCUT2D eigenvalue weighted by molar-refractivity contribution is 5.92. The van der Waals surface area contributed by atoms with Crippen LogP contribution in [0.2, 0.25) is 0 Å². The van der Waals surface area contributed by atoms with Crippen molar-refractivity contribution in [2.75, 3.05) is 13.1 Å². The Morgan fingerprint density at radius 2 is 2.00 bits per heavy atom. The first kappa shape index (κ1) is 16.2. The summed E-state index contributed by atoms with van der Waals surface area (Å²) in [4.78, 5) is 23.3. The van der Waals surface area contributed by atoms with Gasteiger partial charge in [-0.25, -0.2) is 4.39 Å². The molecular weight excluding hydrogens is 313 g/mol. The second kappa shape index (κ2) is 6.84. The van der Waals surface area contributed by atoms with Crippen LogP contribution < -0.4 is 21.3 Å². The zero-order valence-corrected chi connectivity index (χ0v) is 13.0.